The Labute approximate surface area is 169 Å². The van der Waals surface area contributed by atoms with E-state index in [9.17, 15) is 9.59 Å². The van der Waals surface area contributed by atoms with Gasteiger partial charge >= 0.3 is 5.69 Å². The second-order valence-corrected chi connectivity index (χ2v) is 8.04. The Morgan fingerprint density at radius 3 is 2.69 bits per heavy atom. The van der Waals surface area contributed by atoms with Gasteiger partial charge in [0.2, 0.25) is 11.1 Å². The van der Waals surface area contributed by atoms with Crippen LogP contribution in [0.15, 0.2) is 46.3 Å². The lowest BCUT2D eigenvalue weighted by molar-refractivity contribution is -0.115. The molecule has 148 valence electrons. The van der Waals surface area contributed by atoms with Crippen molar-refractivity contribution in [3.63, 3.8) is 0 Å². The highest BCUT2D eigenvalue weighted by Gasteiger charge is 2.20. The Balaban J connectivity index is 1.49. The number of nitrogens with zero attached hydrogens (tertiary/aromatic N) is 4. The van der Waals surface area contributed by atoms with Gasteiger partial charge in [-0.2, -0.15) is 4.68 Å². The van der Waals surface area contributed by atoms with Crippen LogP contribution in [0.2, 0.25) is 0 Å². The molecule has 9 nitrogen and oxygen atoms in total. The summed E-state index contributed by atoms with van der Waals surface area (Å²) in [6.07, 6.45) is 0. The van der Waals surface area contributed by atoms with E-state index in [0.29, 0.717) is 21.9 Å². The maximum atomic E-state index is 12.6. The molecule has 3 N–H and O–H groups in total. The van der Waals surface area contributed by atoms with Crippen molar-refractivity contribution in [2.75, 3.05) is 5.32 Å². The molecule has 1 amide bonds. The molecule has 0 aliphatic rings. The molecule has 0 fully saturated rings. The number of aromatic nitrogens is 6. The van der Waals surface area contributed by atoms with Crippen LogP contribution in [0.1, 0.15) is 18.1 Å². The van der Waals surface area contributed by atoms with E-state index in [0.717, 1.165) is 11.3 Å². The molecule has 0 saturated heterocycles. The lowest BCUT2D eigenvalue weighted by atomic mass is 10.1. The van der Waals surface area contributed by atoms with E-state index >= 15 is 0 Å². The molecule has 1 atom stereocenters. The molecule has 0 saturated carbocycles. The third-order valence-corrected chi connectivity index (χ3v) is 5.64. The van der Waals surface area contributed by atoms with Crippen LogP contribution in [0.3, 0.4) is 0 Å². The highest BCUT2D eigenvalue weighted by atomic mass is 32.2. The van der Waals surface area contributed by atoms with Gasteiger partial charge < -0.3 is 15.3 Å². The number of rotatable bonds is 5. The molecular weight excluding hydrogens is 390 g/mol. The quantitative estimate of drug-likeness (QED) is 0.436. The summed E-state index contributed by atoms with van der Waals surface area (Å²) in [6, 6.07) is 11.1. The van der Waals surface area contributed by atoms with Crippen molar-refractivity contribution in [1.29, 1.82) is 0 Å². The lowest BCUT2D eigenvalue weighted by Crippen LogP contribution is -2.22. The summed E-state index contributed by atoms with van der Waals surface area (Å²) in [4.78, 5) is 29.4. The van der Waals surface area contributed by atoms with E-state index in [-0.39, 0.29) is 11.6 Å². The van der Waals surface area contributed by atoms with Gasteiger partial charge in [-0.25, -0.2) is 4.79 Å². The highest BCUT2D eigenvalue weighted by molar-refractivity contribution is 8.00. The summed E-state index contributed by atoms with van der Waals surface area (Å²) in [7, 11) is 0. The third kappa shape index (κ3) is 3.92. The second kappa shape index (κ2) is 7.55. The fourth-order valence-corrected chi connectivity index (χ4v) is 3.65. The van der Waals surface area contributed by atoms with Gasteiger partial charge in [0.25, 0.3) is 0 Å². The van der Waals surface area contributed by atoms with Crippen LogP contribution in [-0.2, 0) is 4.79 Å². The van der Waals surface area contributed by atoms with Crippen molar-refractivity contribution in [3.05, 3.63) is 58.0 Å². The standard InChI is InChI=1S/C19H19N7O2S/c1-10-4-6-14(8-11(10)2)26-19(23-24-25-26)29-12(3)17(27)20-13-5-7-15-16(9-13)22-18(28)21-15/h4-9,12H,1-3H3,(H,20,27)(H2,21,22,28)/t12-/m1/s1. The zero-order valence-electron chi connectivity index (χ0n) is 16.1. The number of aryl methyl sites for hydroxylation is 2. The summed E-state index contributed by atoms with van der Waals surface area (Å²) in [6.45, 7) is 5.86. The zero-order valence-corrected chi connectivity index (χ0v) is 16.9. The molecule has 4 aromatic rings. The summed E-state index contributed by atoms with van der Waals surface area (Å²) in [5.74, 6) is -0.193. The predicted molar refractivity (Wildman–Crippen MR) is 111 cm³/mol. The molecular formula is C19H19N7O2S. The van der Waals surface area contributed by atoms with Crippen molar-refractivity contribution in [2.24, 2.45) is 0 Å². The van der Waals surface area contributed by atoms with Crippen molar-refractivity contribution in [1.82, 2.24) is 30.2 Å². The van der Waals surface area contributed by atoms with Crippen LogP contribution < -0.4 is 11.0 Å². The van der Waals surface area contributed by atoms with Crippen LogP contribution in [0.5, 0.6) is 0 Å². The Hall–Kier alpha value is -3.40. The van der Waals surface area contributed by atoms with Crippen molar-refractivity contribution < 1.29 is 4.79 Å². The van der Waals surface area contributed by atoms with Crippen molar-refractivity contribution >= 4 is 34.4 Å². The second-order valence-electron chi connectivity index (χ2n) is 6.73. The number of hydrogen-bond acceptors (Lipinski definition) is 6. The Morgan fingerprint density at radius 1 is 1.10 bits per heavy atom. The van der Waals surface area contributed by atoms with E-state index < -0.39 is 5.25 Å². The van der Waals surface area contributed by atoms with Crippen LogP contribution in [0.4, 0.5) is 5.69 Å². The number of carbonyl (C=O) groups excluding carboxylic acids is 1. The largest absolute Gasteiger partial charge is 0.325 e. The number of amides is 1. The fourth-order valence-electron chi connectivity index (χ4n) is 2.84. The molecule has 0 aliphatic heterocycles. The number of thioether (sulfide) groups is 1. The maximum absolute atomic E-state index is 12.6. The predicted octanol–water partition coefficient (Wildman–Crippen LogP) is 2.57. The minimum atomic E-state index is -0.438. The van der Waals surface area contributed by atoms with Crippen LogP contribution in [0.25, 0.3) is 16.7 Å². The molecule has 2 aromatic carbocycles. The van der Waals surface area contributed by atoms with Crippen molar-refractivity contribution in [3.8, 4) is 5.69 Å². The maximum Gasteiger partial charge on any atom is 0.323 e. The molecule has 0 bridgehead atoms. The first-order valence-electron chi connectivity index (χ1n) is 8.96. The topological polar surface area (TPSA) is 121 Å². The van der Waals surface area contributed by atoms with Gasteiger partial charge in [0, 0.05) is 5.69 Å². The molecule has 0 radical (unpaired) electrons. The number of nitrogens with one attached hydrogen (secondary N) is 3. The lowest BCUT2D eigenvalue weighted by Gasteiger charge is -2.12. The minimum absolute atomic E-state index is 0.193. The summed E-state index contributed by atoms with van der Waals surface area (Å²) in [5, 5.41) is 14.8. The number of tetrazole rings is 1. The number of fused-ring (bicyclic) bond motifs is 1. The first-order chi connectivity index (χ1) is 13.9. The molecule has 4 rings (SSSR count). The number of hydrogen-bond donors (Lipinski definition) is 3. The van der Waals surface area contributed by atoms with E-state index in [2.05, 4.69) is 30.8 Å². The molecule has 2 aromatic heterocycles. The van der Waals surface area contributed by atoms with Crippen LogP contribution in [0, 0.1) is 13.8 Å². The minimum Gasteiger partial charge on any atom is -0.325 e. The van der Waals surface area contributed by atoms with Gasteiger partial charge in [-0.3, -0.25) is 4.79 Å². The molecule has 0 aliphatic carbocycles. The van der Waals surface area contributed by atoms with Crippen molar-refractivity contribution in [2.45, 2.75) is 31.2 Å². The van der Waals surface area contributed by atoms with Gasteiger partial charge in [0.15, 0.2) is 0 Å². The summed E-state index contributed by atoms with van der Waals surface area (Å²) in [5.41, 5.74) is 4.79. The molecule has 0 spiro atoms. The molecule has 10 heteroatoms. The van der Waals surface area contributed by atoms with E-state index in [1.165, 1.54) is 17.3 Å². The van der Waals surface area contributed by atoms with Gasteiger partial charge in [-0.05, 0) is 72.7 Å². The Kier molecular flexibility index (Phi) is 4.93. The normalized spacial score (nSPS) is 12.2. The first-order valence-corrected chi connectivity index (χ1v) is 9.84. The molecule has 2 heterocycles. The monoisotopic (exact) mass is 409 g/mol. The number of benzene rings is 2. The van der Waals surface area contributed by atoms with E-state index in [1.807, 2.05) is 32.0 Å². The first kappa shape index (κ1) is 18.9. The average Bonchev–Trinajstić information content (AvgIpc) is 3.29. The highest BCUT2D eigenvalue weighted by Crippen LogP contribution is 2.25. The van der Waals surface area contributed by atoms with Gasteiger partial charge in [0.1, 0.15) is 0 Å². The SMILES string of the molecule is Cc1ccc(-n2nnnc2S[C@H](C)C(=O)Nc2ccc3[nH]c(=O)[nH]c3c2)cc1C. The smallest absolute Gasteiger partial charge is 0.323 e. The Morgan fingerprint density at radius 2 is 1.90 bits per heavy atom. The number of aromatic amines is 2. The zero-order chi connectivity index (χ0) is 20.5. The number of anilines is 1. The number of H-pyrrole nitrogens is 2. The number of imidazole rings is 1. The van der Waals surface area contributed by atoms with E-state index in [1.54, 1.807) is 29.8 Å². The van der Waals surface area contributed by atoms with E-state index in [4.69, 9.17) is 0 Å². The molecule has 0 unspecified atom stereocenters. The van der Waals surface area contributed by atoms with Crippen LogP contribution >= 0.6 is 11.8 Å². The van der Waals surface area contributed by atoms with Crippen LogP contribution in [-0.4, -0.2) is 41.3 Å². The number of carbonyl (C=O) groups is 1. The average molecular weight is 409 g/mol. The summed E-state index contributed by atoms with van der Waals surface area (Å²) < 4.78 is 1.62. The molecule has 29 heavy (non-hydrogen) atoms. The summed E-state index contributed by atoms with van der Waals surface area (Å²) >= 11 is 1.27. The third-order valence-electron chi connectivity index (χ3n) is 4.61. The van der Waals surface area contributed by atoms with Gasteiger partial charge in [0.05, 0.1) is 22.0 Å². The van der Waals surface area contributed by atoms with Gasteiger partial charge in [-0.1, -0.05) is 17.8 Å². The fraction of sp³-hybridized carbons (Fsp3) is 0.211. The van der Waals surface area contributed by atoms with Gasteiger partial charge in [-0.15, -0.1) is 5.10 Å². The Bertz CT molecular complexity index is 1260.